The van der Waals surface area contributed by atoms with Crippen molar-refractivity contribution in [1.29, 1.82) is 0 Å². The lowest BCUT2D eigenvalue weighted by molar-refractivity contribution is 0.472. The molecule has 1 aliphatic rings. The van der Waals surface area contributed by atoms with Gasteiger partial charge in [0.15, 0.2) is 0 Å². The van der Waals surface area contributed by atoms with Crippen LogP contribution in [0.2, 0.25) is 0 Å². The maximum atomic E-state index is 5.93. The average molecular weight is 337 g/mol. The molecule has 0 aliphatic carbocycles. The molecule has 0 saturated heterocycles. The van der Waals surface area contributed by atoms with E-state index in [1.807, 2.05) is 6.92 Å². The Bertz CT molecular complexity index is 512. The van der Waals surface area contributed by atoms with Gasteiger partial charge in [0.05, 0.1) is 5.69 Å². The molecule has 1 aromatic rings. The van der Waals surface area contributed by atoms with Crippen LogP contribution in [0.3, 0.4) is 0 Å². The summed E-state index contributed by atoms with van der Waals surface area (Å²) < 4.78 is 1.14. The van der Waals surface area contributed by atoms with Crippen molar-refractivity contribution < 1.29 is 0 Å². The molecule has 0 amide bonds. The van der Waals surface area contributed by atoms with Gasteiger partial charge in [0.2, 0.25) is 0 Å². The van der Waals surface area contributed by atoms with Gasteiger partial charge in [0.25, 0.3) is 0 Å². The molecule has 0 radical (unpaired) electrons. The summed E-state index contributed by atoms with van der Waals surface area (Å²) in [6.45, 7) is 11.0. The summed E-state index contributed by atoms with van der Waals surface area (Å²) in [7, 11) is 0. The Kier molecular flexibility index (Phi) is 4.60. The summed E-state index contributed by atoms with van der Waals surface area (Å²) in [5, 5.41) is 0. The van der Waals surface area contributed by atoms with E-state index in [-0.39, 0.29) is 6.04 Å². The van der Waals surface area contributed by atoms with E-state index in [1.54, 1.807) is 5.57 Å². The molecule has 0 unspecified atom stereocenters. The lowest BCUT2D eigenvalue weighted by atomic mass is 9.83. The Morgan fingerprint density at radius 1 is 1.30 bits per heavy atom. The second kappa shape index (κ2) is 5.90. The van der Waals surface area contributed by atoms with Crippen LogP contribution in [0.5, 0.6) is 0 Å². The van der Waals surface area contributed by atoms with Crippen LogP contribution in [0.4, 0.5) is 5.69 Å². The molecular formula is C17H25BrN2. The molecule has 0 spiro atoms. The SMILES string of the molecule is C[C@H](N)c1ccc(N2CC=C(C(C)(C)C)CC2)c(Br)c1. The predicted molar refractivity (Wildman–Crippen MR) is 91.1 cm³/mol. The number of rotatable bonds is 2. The summed E-state index contributed by atoms with van der Waals surface area (Å²) >= 11 is 3.69. The third-order valence-corrected chi connectivity index (χ3v) is 4.65. The Hall–Kier alpha value is -0.800. The van der Waals surface area contributed by atoms with E-state index in [0.29, 0.717) is 5.41 Å². The molecule has 0 fully saturated rings. The first-order chi connectivity index (χ1) is 9.29. The number of nitrogens with two attached hydrogens (primary N) is 1. The maximum absolute atomic E-state index is 5.93. The molecule has 1 atom stereocenters. The van der Waals surface area contributed by atoms with Crippen molar-refractivity contribution in [2.45, 2.75) is 40.2 Å². The van der Waals surface area contributed by atoms with Crippen molar-refractivity contribution in [1.82, 2.24) is 0 Å². The van der Waals surface area contributed by atoms with Crippen LogP contribution in [0, 0.1) is 5.41 Å². The Balaban J connectivity index is 2.17. The summed E-state index contributed by atoms with van der Waals surface area (Å²) in [4.78, 5) is 2.42. The van der Waals surface area contributed by atoms with Crippen molar-refractivity contribution >= 4 is 21.6 Å². The number of halogens is 1. The van der Waals surface area contributed by atoms with Gasteiger partial charge < -0.3 is 10.6 Å². The minimum atomic E-state index is 0.0779. The topological polar surface area (TPSA) is 29.3 Å². The van der Waals surface area contributed by atoms with Crippen LogP contribution in [-0.4, -0.2) is 13.1 Å². The number of hydrogen-bond donors (Lipinski definition) is 1. The van der Waals surface area contributed by atoms with Gasteiger partial charge in [-0.3, -0.25) is 0 Å². The fraction of sp³-hybridized carbons (Fsp3) is 0.529. The zero-order valence-corrected chi connectivity index (χ0v) is 14.5. The van der Waals surface area contributed by atoms with Gasteiger partial charge in [-0.05, 0) is 52.4 Å². The molecular weight excluding hydrogens is 312 g/mol. The number of anilines is 1. The third-order valence-electron chi connectivity index (χ3n) is 4.01. The number of nitrogens with zero attached hydrogens (tertiary/aromatic N) is 1. The smallest absolute Gasteiger partial charge is 0.0513 e. The highest BCUT2D eigenvalue weighted by atomic mass is 79.9. The molecule has 0 bridgehead atoms. The van der Waals surface area contributed by atoms with Gasteiger partial charge in [-0.2, -0.15) is 0 Å². The molecule has 2 nitrogen and oxygen atoms in total. The van der Waals surface area contributed by atoms with Crippen molar-refractivity contribution in [2.24, 2.45) is 11.1 Å². The van der Waals surface area contributed by atoms with Crippen molar-refractivity contribution in [3.8, 4) is 0 Å². The summed E-state index contributed by atoms with van der Waals surface area (Å²) in [6.07, 6.45) is 3.53. The molecule has 3 heteroatoms. The zero-order chi connectivity index (χ0) is 14.9. The van der Waals surface area contributed by atoms with Gasteiger partial charge in [-0.15, -0.1) is 0 Å². The fourth-order valence-electron chi connectivity index (χ4n) is 2.63. The first-order valence-electron chi connectivity index (χ1n) is 7.28. The normalized spacial score (nSPS) is 17.9. The molecule has 20 heavy (non-hydrogen) atoms. The quantitative estimate of drug-likeness (QED) is 0.796. The van der Waals surface area contributed by atoms with Gasteiger partial charge in [-0.25, -0.2) is 0 Å². The Morgan fingerprint density at radius 3 is 2.45 bits per heavy atom. The minimum Gasteiger partial charge on any atom is -0.367 e. The Morgan fingerprint density at radius 2 is 2.00 bits per heavy atom. The second-order valence-electron chi connectivity index (χ2n) is 6.67. The van der Waals surface area contributed by atoms with Crippen molar-refractivity contribution in [2.75, 3.05) is 18.0 Å². The van der Waals surface area contributed by atoms with Crippen LogP contribution in [0.1, 0.15) is 45.7 Å². The van der Waals surface area contributed by atoms with E-state index < -0.39 is 0 Å². The zero-order valence-electron chi connectivity index (χ0n) is 12.9. The molecule has 2 rings (SSSR count). The Labute approximate surface area is 131 Å². The highest BCUT2D eigenvalue weighted by Crippen LogP contribution is 2.34. The van der Waals surface area contributed by atoms with Gasteiger partial charge in [0.1, 0.15) is 0 Å². The first kappa shape index (κ1) is 15.6. The lowest BCUT2D eigenvalue weighted by Crippen LogP contribution is -2.31. The summed E-state index contributed by atoms with van der Waals surface area (Å²) in [6, 6.07) is 6.53. The standard InChI is InChI=1S/C17H25BrN2/c1-12(19)13-5-6-16(15(18)11-13)20-9-7-14(8-10-20)17(2,3)4/h5-7,11-12H,8-10,19H2,1-4H3/t12-/m0/s1. The van der Waals surface area contributed by atoms with Crippen LogP contribution >= 0.6 is 15.9 Å². The van der Waals surface area contributed by atoms with E-state index in [2.05, 4.69) is 65.9 Å². The number of hydrogen-bond acceptors (Lipinski definition) is 2. The highest BCUT2D eigenvalue weighted by molar-refractivity contribution is 9.10. The van der Waals surface area contributed by atoms with E-state index >= 15 is 0 Å². The molecule has 0 aromatic heterocycles. The molecule has 2 N–H and O–H groups in total. The van der Waals surface area contributed by atoms with E-state index in [0.717, 1.165) is 24.0 Å². The molecule has 0 saturated carbocycles. The van der Waals surface area contributed by atoms with E-state index in [1.165, 1.54) is 11.3 Å². The summed E-state index contributed by atoms with van der Waals surface area (Å²) in [5.74, 6) is 0. The average Bonchev–Trinajstić information content (AvgIpc) is 2.37. The lowest BCUT2D eigenvalue weighted by Gasteiger charge is -2.34. The molecule has 1 aliphatic heterocycles. The van der Waals surface area contributed by atoms with Crippen LogP contribution < -0.4 is 10.6 Å². The predicted octanol–water partition coefficient (Wildman–Crippen LogP) is 4.65. The minimum absolute atomic E-state index is 0.0779. The van der Waals surface area contributed by atoms with Crippen LogP contribution in [0.15, 0.2) is 34.3 Å². The van der Waals surface area contributed by atoms with Gasteiger partial charge in [0, 0.05) is 23.6 Å². The first-order valence-corrected chi connectivity index (χ1v) is 8.08. The molecule has 1 heterocycles. The third kappa shape index (κ3) is 3.44. The van der Waals surface area contributed by atoms with E-state index in [9.17, 15) is 0 Å². The molecule has 110 valence electrons. The van der Waals surface area contributed by atoms with Crippen molar-refractivity contribution in [3.63, 3.8) is 0 Å². The van der Waals surface area contributed by atoms with Gasteiger partial charge in [-0.1, -0.05) is 38.5 Å². The van der Waals surface area contributed by atoms with Gasteiger partial charge >= 0.3 is 0 Å². The van der Waals surface area contributed by atoms with Crippen LogP contribution in [-0.2, 0) is 0 Å². The second-order valence-corrected chi connectivity index (χ2v) is 7.53. The monoisotopic (exact) mass is 336 g/mol. The highest BCUT2D eigenvalue weighted by Gasteiger charge is 2.22. The van der Waals surface area contributed by atoms with Crippen molar-refractivity contribution in [3.05, 3.63) is 39.9 Å². The number of benzene rings is 1. The molecule has 1 aromatic carbocycles. The largest absolute Gasteiger partial charge is 0.367 e. The maximum Gasteiger partial charge on any atom is 0.0513 e. The summed E-state index contributed by atoms with van der Waals surface area (Å²) in [5.41, 5.74) is 10.2. The van der Waals surface area contributed by atoms with E-state index in [4.69, 9.17) is 5.73 Å². The fourth-order valence-corrected chi connectivity index (χ4v) is 3.28. The van der Waals surface area contributed by atoms with Crippen LogP contribution in [0.25, 0.3) is 0 Å².